The van der Waals surface area contributed by atoms with Crippen molar-refractivity contribution < 1.29 is 23.9 Å². The molecule has 0 radical (unpaired) electrons. The van der Waals surface area contributed by atoms with E-state index in [1.165, 1.54) is 18.3 Å². The summed E-state index contributed by atoms with van der Waals surface area (Å²) in [7, 11) is 3.81. The largest absolute Gasteiger partial charge is 0.455 e. The Hall–Kier alpha value is -3.25. The van der Waals surface area contributed by atoms with E-state index in [1.807, 2.05) is 20.9 Å². The van der Waals surface area contributed by atoms with Gasteiger partial charge in [0.25, 0.3) is 5.91 Å². The lowest BCUT2D eigenvalue weighted by Gasteiger charge is -2.36. The first-order chi connectivity index (χ1) is 22.8. The first-order valence-electron chi connectivity index (χ1n) is 17.5. The average Bonchev–Trinajstić information content (AvgIpc) is 3.75. The number of likely N-dealkylation sites (N-methyl/N-ethyl adjacent to an activating group) is 1. The molecule has 1 aliphatic heterocycles. The number of amides is 2. The number of nitrogens with one attached hydrogen (secondary N) is 1. The van der Waals surface area contributed by atoms with Gasteiger partial charge in [-0.1, -0.05) is 34.1 Å². The smallest absolute Gasteiger partial charge is 0.303 e. The normalized spacial score (nSPS) is 19.4. The molecule has 4 rings (SSSR count). The van der Waals surface area contributed by atoms with Gasteiger partial charge in [-0.05, 0) is 69.5 Å². The zero-order valence-electron chi connectivity index (χ0n) is 29.7. The SMILES string of the molecule is CC(=O)O[C@H](C[C@H](C(C)C)N(C)C(=O)[C@@H](CC(=O)[C@H]1CCCCN1C)C1CC1)c1nc(C(=O)N[C@@H](Cc2ncccn2)CC(C)C)cs1. The number of nitrogens with zero attached hydrogens (tertiary/aromatic N) is 5. The predicted molar refractivity (Wildman–Crippen MR) is 185 cm³/mol. The van der Waals surface area contributed by atoms with Crippen LogP contribution >= 0.6 is 11.3 Å². The summed E-state index contributed by atoms with van der Waals surface area (Å²) in [5, 5.41) is 5.29. The molecule has 12 heteroatoms. The average molecular weight is 683 g/mol. The Morgan fingerprint density at radius 3 is 2.38 bits per heavy atom. The molecule has 11 nitrogen and oxygen atoms in total. The van der Waals surface area contributed by atoms with Crippen LogP contribution in [0.25, 0.3) is 0 Å². The van der Waals surface area contributed by atoms with Gasteiger partial charge in [0.15, 0.2) is 11.9 Å². The van der Waals surface area contributed by atoms with E-state index in [-0.39, 0.29) is 65.6 Å². The third kappa shape index (κ3) is 10.6. The fourth-order valence-corrected chi connectivity index (χ4v) is 7.77. The van der Waals surface area contributed by atoms with Crippen LogP contribution in [0, 0.1) is 23.7 Å². The molecule has 264 valence electrons. The lowest BCUT2D eigenvalue weighted by Crippen LogP contribution is -2.47. The summed E-state index contributed by atoms with van der Waals surface area (Å²) in [5.41, 5.74) is 0.250. The highest BCUT2D eigenvalue weighted by Crippen LogP contribution is 2.41. The molecule has 5 atom stereocenters. The molecule has 1 saturated carbocycles. The maximum absolute atomic E-state index is 14.1. The van der Waals surface area contributed by atoms with Crippen LogP contribution in [-0.4, -0.2) is 87.1 Å². The number of Topliss-reactive ketones (excluding diaryl/α,β-unsaturated/α-hetero) is 1. The number of piperidine rings is 1. The van der Waals surface area contributed by atoms with E-state index >= 15 is 0 Å². The first kappa shape index (κ1) is 37.6. The molecule has 3 heterocycles. The van der Waals surface area contributed by atoms with Crippen molar-refractivity contribution in [2.45, 2.75) is 117 Å². The number of ether oxygens (including phenoxy) is 1. The summed E-state index contributed by atoms with van der Waals surface area (Å²) in [6, 6.07) is 1.19. The topological polar surface area (TPSA) is 135 Å². The molecule has 2 fully saturated rings. The molecule has 1 aliphatic carbocycles. The number of carbonyl (C=O) groups is 4. The Morgan fingerprint density at radius 2 is 1.77 bits per heavy atom. The van der Waals surface area contributed by atoms with Crippen LogP contribution < -0.4 is 5.32 Å². The van der Waals surface area contributed by atoms with Crippen molar-refractivity contribution in [2.24, 2.45) is 23.7 Å². The van der Waals surface area contributed by atoms with Gasteiger partial charge in [0.1, 0.15) is 16.5 Å². The van der Waals surface area contributed by atoms with Crippen molar-refractivity contribution in [3.8, 4) is 0 Å². The summed E-state index contributed by atoms with van der Waals surface area (Å²) in [5.74, 6) is 0.283. The zero-order chi connectivity index (χ0) is 35.0. The molecular formula is C36H54N6O5S. The van der Waals surface area contributed by atoms with Gasteiger partial charge in [0.2, 0.25) is 5.91 Å². The van der Waals surface area contributed by atoms with E-state index in [1.54, 1.807) is 35.8 Å². The van der Waals surface area contributed by atoms with E-state index in [4.69, 9.17) is 4.74 Å². The molecule has 48 heavy (non-hydrogen) atoms. The molecule has 0 unspecified atom stereocenters. The lowest BCUT2D eigenvalue weighted by atomic mass is 9.88. The van der Waals surface area contributed by atoms with E-state index in [0.717, 1.165) is 45.1 Å². The number of rotatable bonds is 17. The minimum atomic E-state index is -0.738. The number of ketones is 1. The van der Waals surface area contributed by atoms with Gasteiger partial charge in [0, 0.05) is 69.0 Å². The second-order valence-corrected chi connectivity index (χ2v) is 15.3. The minimum absolute atomic E-state index is 0.0256. The molecule has 0 aromatic carbocycles. The van der Waals surface area contributed by atoms with Crippen molar-refractivity contribution >= 4 is 34.9 Å². The van der Waals surface area contributed by atoms with Gasteiger partial charge in [-0.15, -0.1) is 11.3 Å². The Balaban J connectivity index is 1.47. The van der Waals surface area contributed by atoms with Crippen LogP contribution in [0.1, 0.15) is 113 Å². The van der Waals surface area contributed by atoms with Gasteiger partial charge >= 0.3 is 5.97 Å². The van der Waals surface area contributed by atoms with Crippen molar-refractivity contribution in [1.29, 1.82) is 0 Å². The van der Waals surface area contributed by atoms with Gasteiger partial charge in [-0.2, -0.15) is 0 Å². The number of esters is 1. The number of aromatic nitrogens is 3. The summed E-state index contributed by atoms with van der Waals surface area (Å²) < 4.78 is 5.79. The maximum Gasteiger partial charge on any atom is 0.303 e. The second-order valence-electron chi connectivity index (χ2n) is 14.4. The molecular weight excluding hydrogens is 629 g/mol. The number of hydrogen-bond acceptors (Lipinski definition) is 10. The van der Waals surface area contributed by atoms with Gasteiger partial charge in [-0.3, -0.25) is 24.1 Å². The highest BCUT2D eigenvalue weighted by Gasteiger charge is 2.42. The monoisotopic (exact) mass is 682 g/mol. The number of hydrogen-bond donors (Lipinski definition) is 1. The van der Waals surface area contributed by atoms with E-state index < -0.39 is 12.1 Å². The van der Waals surface area contributed by atoms with E-state index in [9.17, 15) is 19.2 Å². The van der Waals surface area contributed by atoms with Crippen molar-refractivity contribution in [3.05, 3.63) is 40.4 Å². The highest BCUT2D eigenvalue weighted by atomic mass is 32.1. The number of likely N-dealkylation sites (tertiary alicyclic amines) is 1. The first-order valence-corrected chi connectivity index (χ1v) is 18.4. The van der Waals surface area contributed by atoms with Crippen LogP contribution in [0.15, 0.2) is 23.8 Å². The second kappa shape index (κ2) is 17.4. The predicted octanol–water partition coefficient (Wildman–Crippen LogP) is 5.27. The molecule has 2 aromatic rings. The highest BCUT2D eigenvalue weighted by molar-refractivity contribution is 7.09. The van der Waals surface area contributed by atoms with Crippen LogP contribution in [0.3, 0.4) is 0 Å². The van der Waals surface area contributed by atoms with Crippen LogP contribution in [0.4, 0.5) is 0 Å². The van der Waals surface area contributed by atoms with Crippen LogP contribution in [-0.2, 0) is 25.5 Å². The van der Waals surface area contributed by atoms with Crippen LogP contribution in [0.2, 0.25) is 0 Å². The lowest BCUT2D eigenvalue weighted by molar-refractivity contribution is -0.149. The Kier molecular flexibility index (Phi) is 13.6. The van der Waals surface area contributed by atoms with E-state index in [2.05, 4.69) is 39.0 Å². The molecule has 2 aromatic heterocycles. The fourth-order valence-electron chi connectivity index (χ4n) is 6.93. The molecule has 1 N–H and O–H groups in total. The third-order valence-electron chi connectivity index (χ3n) is 9.62. The standard InChI is InChI=1S/C36H54N6O5S/c1-22(2)17-26(18-33-37-14-10-15-38-33)39-34(45)28-21-48-35(40-28)32(47-24(5)43)20-30(23(3)4)42(7)36(46)27(25-12-13-25)19-31(44)29-11-8-9-16-41(29)6/h10,14-15,21-23,25-27,29-30,32H,8-9,11-13,16-20H2,1-7H3,(H,39,45)/t26-,27+,29-,30-,32-/m1/s1. The number of carbonyl (C=O) groups excluding carboxylic acids is 4. The number of thiazole rings is 1. The maximum atomic E-state index is 14.1. The van der Waals surface area contributed by atoms with Crippen LogP contribution in [0.5, 0.6) is 0 Å². The van der Waals surface area contributed by atoms with Gasteiger partial charge < -0.3 is 15.0 Å². The van der Waals surface area contributed by atoms with E-state index in [0.29, 0.717) is 29.6 Å². The van der Waals surface area contributed by atoms with Crippen molar-refractivity contribution in [1.82, 2.24) is 30.1 Å². The quantitative estimate of drug-likeness (QED) is 0.222. The Labute approximate surface area is 289 Å². The molecule has 1 saturated heterocycles. The summed E-state index contributed by atoms with van der Waals surface area (Å²) >= 11 is 1.27. The molecule has 2 aliphatic rings. The Morgan fingerprint density at radius 1 is 1.06 bits per heavy atom. The fraction of sp³-hybridized carbons (Fsp3) is 0.694. The summed E-state index contributed by atoms with van der Waals surface area (Å²) in [6.45, 7) is 10.5. The van der Waals surface area contributed by atoms with Crippen molar-refractivity contribution in [2.75, 3.05) is 20.6 Å². The summed E-state index contributed by atoms with van der Waals surface area (Å²) in [4.78, 5) is 70.4. The Bertz CT molecular complexity index is 1380. The molecule has 0 bridgehead atoms. The molecule has 0 spiro atoms. The third-order valence-corrected chi connectivity index (χ3v) is 10.6. The molecule has 2 amide bonds. The summed E-state index contributed by atoms with van der Waals surface area (Å²) in [6.07, 6.45) is 9.38. The van der Waals surface area contributed by atoms with Gasteiger partial charge in [0.05, 0.1) is 6.04 Å². The minimum Gasteiger partial charge on any atom is -0.455 e. The zero-order valence-corrected chi connectivity index (χ0v) is 30.5. The van der Waals surface area contributed by atoms with Crippen molar-refractivity contribution in [3.63, 3.8) is 0 Å². The van der Waals surface area contributed by atoms with Gasteiger partial charge in [-0.25, -0.2) is 15.0 Å².